The van der Waals surface area contributed by atoms with Crippen LogP contribution in [-0.2, 0) is 14.6 Å². The number of alkyl halides is 3. The van der Waals surface area contributed by atoms with Crippen molar-refractivity contribution < 1.29 is 31.1 Å². The molecule has 0 atom stereocenters. The van der Waals surface area contributed by atoms with Crippen molar-refractivity contribution in [2.24, 2.45) is 0 Å². The fourth-order valence-corrected chi connectivity index (χ4v) is 1.94. The van der Waals surface area contributed by atoms with E-state index in [1.54, 1.807) is 0 Å². The molecule has 20 heavy (non-hydrogen) atoms. The topological polar surface area (TPSA) is 72.5 Å². The molecule has 0 heterocycles. The molecule has 0 unspecified atom stereocenters. The maximum atomic E-state index is 11.8. The molecule has 1 rings (SSSR count). The van der Waals surface area contributed by atoms with Gasteiger partial charge in [-0.05, 0) is 18.2 Å². The quantitative estimate of drug-likeness (QED) is 0.924. The highest BCUT2D eigenvalue weighted by Gasteiger charge is 2.29. The van der Waals surface area contributed by atoms with E-state index in [1.165, 1.54) is 12.1 Å². The van der Waals surface area contributed by atoms with E-state index in [0.717, 1.165) is 12.3 Å². The number of sulfone groups is 1. The highest BCUT2D eigenvalue weighted by molar-refractivity contribution is 7.90. The summed E-state index contributed by atoms with van der Waals surface area (Å²) in [6.07, 6.45) is -5.12. The number of hydrogen-bond donors (Lipinski definition) is 1. The molecule has 1 aromatic carbocycles. The number of nitrogens with one attached hydrogen (secondary N) is 1. The van der Waals surface area contributed by atoms with Gasteiger partial charge in [0.2, 0.25) is 0 Å². The van der Waals surface area contributed by atoms with E-state index < -0.39 is 28.7 Å². The lowest BCUT2D eigenvalue weighted by Gasteiger charge is -2.11. The molecule has 0 spiro atoms. The third-order valence-corrected chi connectivity index (χ3v) is 3.41. The van der Waals surface area contributed by atoms with Crippen LogP contribution in [0, 0.1) is 0 Å². The Bertz CT molecular complexity index is 615. The average Bonchev–Trinajstić information content (AvgIpc) is 2.27. The van der Waals surface area contributed by atoms with E-state index in [1.807, 2.05) is 5.32 Å². The van der Waals surface area contributed by atoms with Gasteiger partial charge in [0.15, 0.2) is 16.4 Å². The smallest absolute Gasteiger partial charge is 0.422 e. The van der Waals surface area contributed by atoms with Gasteiger partial charge in [-0.25, -0.2) is 13.2 Å². The molecule has 0 aliphatic carbocycles. The molecule has 0 saturated carbocycles. The van der Waals surface area contributed by atoms with Crippen molar-refractivity contribution >= 4 is 33.2 Å². The van der Waals surface area contributed by atoms with Gasteiger partial charge in [-0.1, -0.05) is 11.6 Å². The van der Waals surface area contributed by atoms with E-state index in [2.05, 4.69) is 4.74 Å². The number of amides is 1. The van der Waals surface area contributed by atoms with Crippen molar-refractivity contribution in [3.8, 4) is 0 Å². The lowest BCUT2D eigenvalue weighted by molar-refractivity contribution is -0.159. The fourth-order valence-electron chi connectivity index (χ4n) is 1.12. The van der Waals surface area contributed by atoms with E-state index in [0.29, 0.717) is 0 Å². The maximum Gasteiger partial charge on any atom is 0.422 e. The van der Waals surface area contributed by atoms with E-state index in [9.17, 15) is 26.4 Å². The zero-order chi connectivity index (χ0) is 15.6. The molecule has 0 bridgehead atoms. The van der Waals surface area contributed by atoms with Crippen LogP contribution in [0.4, 0.5) is 23.7 Å². The summed E-state index contributed by atoms with van der Waals surface area (Å²) >= 11 is 5.69. The van der Waals surface area contributed by atoms with Crippen LogP contribution in [0.2, 0.25) is 5.02 Å². The van der Waals surface area contributed by atoms with Crippen molar-refractivity contribution in [3.63, 3.8) is 0 Å². The Morgan fingerprint density at radius 3 is 2.50 bits per heavy atom. The number of halogens is 4. The summed E-state index contributed by atoms with van der Waals surface area (Å²) < 4.78 is 62.0. The summed E-state index contributed by atoms with van der Waals surface area (Å²) in [5.41, 5.74) is -0.165. The first-order valence-corrected chi connectivity index (χ1v) is 7.26. The van der Waals surface area contributed by atoms with Crippen molar-refractivity contribution in [1.82, 2.24) is 0 Å². The molecule has 5 nitrogen and oxygen atoms in total. The van der Waals surface area contributed by atoms with Crippen LogP contribution in [0.1, 0.15) is 0 Å². The number of hydrogen-bond acceptors (Lipinski definition) is 4. The van der Waals surface area contributed by atoms with Crippen molar-refractivity contribution in [2.45, 2.75) is 11.1 Å². The first-order valence-electron chi connectivity index (χ1n) is 4.99. The predicted molar refractivity (Wildman–Crippen MR) is 65.6 cm³/mol. The molecule has 0 aliphatic rings. The molecule has 10 heteroatoms. The molecule has 0 aliphatic heterocycles. The van der Waals surface area contributed by atoms with E-state index >= 15 is 0 Å². The van der Waals surface area contributed by atoms with Gasteiger partial charge < -0.3 is 4.74 Å². The van der Waals surface area contributed by atoms with E-state index in [-0.39, 0.29) is 15.6 Å². The second-order valence-electron chi connectivity index (χ2n) is 3.73. The molecule has 0 saturated heterocycles. The van der Waals surface area contributed by atoms with Crippen molar-refractivity contribution in [2.75, 3.05) is 18.2 Å². The lowest BCUT2D eigenvalue weighted by Crippen LogP contribution is -2.23. The predicted octanol–water partition coefficient (Wildman–Crippen LogP) is 2.85. The lowest BCUT2D eigenvalue weighted by atomic mass is 10.3. The Morgan fingerprint density at radius 1 is 1.40 bits per heavy atom. The Balaban J connectivity index is 2.85. The summed E-state index contributed by atoms with van der Waals surface area (Å²) in [5, 5.41) is 1.90. The molecule has 1 amide bonds. The minimum absolute atomic E-state index is 0.0404. The zero-order valence-corrected chi connectivity index (χ0v) is 11.6. The summed E-state index contributed by atoms with van der Waals surface area (Å²) in [4.78, 5) is 11.0. The molecule has 112 valence electrons. The standard InChI is InChI=1S/C10H9ClF3NO4S/c1-20(17,18)6-2-3-7(11)8(4-6)15-9(16)19-5-10(12,13)14/h2-4H,5H2,1H3,(H,15,16). The van der Waals surface area contributed by atoms with Crippen molar-refractivity contribution in [3.05, 3.63) is 23.2 Å². The largest absolute Gasteiger partial charge is 0.440 e. The normalized spacial score (nSPS) is 12.1. The minimum Gasteiger partial charge on any atom is -0.440 e. The minimum atomic E-state index is -4.66. The third-order valence-electron chi connectivity index (χ3n) is 1.97. The molecule has 1 N–H and O–H groups in total. The van der Waals surface area contributed by atoms with Gasteiger partial charge in [-0.2, -0.15) is 13.2 Å². The number of ether oxygens (including phenoxy) is 1. The summed E-state index contributed by atoms with van der Waals surface area (Å²) in [5.74, 6) is 0. The van der Waals surface area contributed by atoms with Crippen LogP contribution in [-0.4, -0.2) is 33.5 Å². The van der Waals surface area contributed by atoms with Crippen LogP contribution in [0.15, 0.2) is 23.1 Å². The molecule has 0 aromatic heterocycles. The first-order chi connectivity index (χ1) is 8.99. The van der Waals surface area contributed by atoms with Crippen LogP contribution in [0.5, 0.6) is 0 Å². The van der Waals surface area contributed by atoms with Gasteiger partial charge in [0.05, 0.1) is 15.6 Å². The Morgan fingerprint density at radius 2 is 2.00 bits per heavy atom. The van der Waals surface area contributed by atoms with Gasteiger partial charge >= 0.3 is 12.3 Å². The molecule has 1 aromatic rings. The second-order valence-corrected chi connectivity index (χ2v) is 6.15. The Hall–Kier alpha value is -1.48. The van der Waals surface area contributed by atoms with Crippen LogP contribution >= 0.6 is 11.6 Å². The Labute approximate surface area is 117 Å². The van der Waals surface area contributed by atoms with Crippen LogP contribution in [0.3, 0.4) is 0 Å². The van der Waals surface area contributed by atoms with Gasteiger partial charge in [0.25, 0.3) is 0 Å². The molecule has 0 fully saturated rings. The number of anilines is 1. The third kappa shape index (κ3) is 5.25. The SMILES string of the molecule is CS(=O)(=O)c1ccc(Cl)c(NC(=O)OCC(F)(F)F)c1. The van der Waals surface area contributed by atoms with Crippen LogP contribution in [0.25, 0.3) is 0 Å². The Kier molecular flexibility index (Phi) is 4.87. The fraction of sp³-hybridized carbons (Fsp3) is 0.300. The monoisotopic (exact) mass is 331 g/mol. The molecular formula is C10H9ClF3NO4S. The zero-order valence-electron chi connectivity index (χ0n) is 9.99. The summed E-state index contributed by atoms with van der Waals surface area (Å²) in [7, 11) is -3.54. The molecular weight excluding hydrogens is 323 g/mol. The van der Waals surface area contributed by atoms with Gasteiger partial charge in [-0.15, -0.1) is 0 Å². The molecule has 0 radical (unpaired) electrons. The average molecular weight is 332 g/mol. The van der Waals surface area contributed by atoms with E-state index in [4.69, 9.17) is 11.6 Å². The summed E-state index contributed by atoms with van der Waals surface area (Å²) in [6.45, 7) is -1.76. The second kappa shape index (κ2) is 5.88. The van der Waals surface area contributed by atoms with Gasteiger partial charge in [-0.3, -0.25) is 5.32 Å². The van der Waals surface area contributed by atoms with Crippen LogP contribution < -0.4 is 5.32 Å². The number of benzene rings is 1. The van der Waals surface area contributed by atoms with Gasteiger partial charge in [0.1, 0.15) is 0 Å². The number of carbonyl (C=O) groups excluding carboxylic acids is 1. The number of carbonyl (C=O) groups is 1. The highest BCUT2D eigenvalue weighted by Crippen LogP contribution is 2.25. The first kappa shape index (κ1) is 16.6. The number of rotatable bonds is 3. The highest BCUT2D eigenvalue weighted by atomic mass is 35.5. The van der Waals surface area contributed by atoms with Gasteiger partial charge in [0, 0.05) is 6.26 Å². The summed E-state index contributed by atoms with van der Waals surface area (Å²) in [6, 6.07) is 3.41. The van der Waals surface area contributed by atoms with Crippen molar-refractivity contribution in [1.29, 1.82) is 0 Å². The maximum absolute atomic E-state index is 11.8.